The van der Waals surface area contributed by atoms with Gasteiger partial charge in [0.15, 0.2) is 11.8 Å². The summed E-state index contributed by atoms with van der Waals surface area (Å²) >= 11 is 0. The van der Waals surface area contributed by atoms with Gasteiger partial charge >= 0.3 is 0 Å². The molecule has 1 atom stereocenters. The van der Waals surface area contributed by atoms with Crippen LogP contribution >= 0.6 is 24.0 Å². The van der Waals surface area contributed by atoms with Crippen LogP contribution in [0.15, 0.2) is 4.99 Å². The van der Waals surface area contributed by atoms with E-state index >= 15 is 0 Å². The van der Waals surface area contributed by atoms with E-state index in [4.69, 9.17) is 15.5 Å². The average molecular weight is 548 g/mol. The second-order valence-electron chi connectivity index (χ2n) is 8.22. The number of carbonyl (C=O) groups excluding carboxylic acids is 1. The number of aromatic nitrogens is 3. The van der Waals surface area contributed by atoms with Gasteiger partial charge in [-0.1, -0.05) is 0 Å². The van der Waals surface area contributed by atoms with E-state index in [1.165, 1.54) is 0 Å². The molecule has 2 aliphatic heterocycles. The number of morpholine rings is 1. The maximum atomic E-state index is 11.4. The summed E-state index contributed by atoms with van der Waals surface area (Å²) in [6, 6.07) is 0. The highest BCUT2D eigenvalue weighted by atomic mass is 127. The Morgan fingerprint density at radius 1 is 1.29 bits per heavy atom. The quantitative estimate of drug-likeness (QED) is 0.211. The van der Waals surface area contributed by atoms with E-state index in [0.717, 1.165) is 89.4 Å². The molecule has 0 saturated carbocycles. The van der Waals surface area contributed by atoms with Crippen LogP contribution in [0.4, 0.5) is 0 Å². The number of rotatable bonds is 8. The number of piperidine rings is 1. The molecular formula is C20H37IN8O2. The zero-order valence-corrected chi connectivity index (χ0v) is 21.1. The Labute approximate surface area is 202 Å². The maximum absolute atomic E-state index is 11.4. The van der Waals surface area contributed by atoms with E-state index < -0.39 is 0 Å². The molecule has 1 unspecified atom stereocenters. The van der Waals surface area contributed by atoms with Crippen molar-refractivity contribution < 1.29 is 9.53 Å². The van der Waals surface area contributed by atoms with Crippen molar-refractivity contribution in [3.05, 3.63) is 11.6 Å². The first kappa shape index (κ1) is 25.8. The monoisotopic (exact) mass is 548 g/mol. The van der Waals surface area contributed by atoms with E-state index in [-0.39, 0.29) is 35.8 Å². The van der Waals surface area contributed by atoms with E-state index in [1.807, 2.05) is 18.5 Å². The van der Waals surface area contributed by atoms with Crippen LogP contribution < -0.4 is 11.1 Å². The molecule has 11 heteroatoms. The second kappa shape index (κ2) is 13.2. The summed E-state index contributed by atoms with van der Waals surface area (Å²) in [4.78, 5) is 20.9. The van der Waals surface area contributed by atoms with Gasteiger partial charge in [-0.15, -0.1) is 34.2 Å². The van der Waals surface area contributed by atoms with Gasteiger partial charge in [0.2, 0.25) is 5.91 Å². The summed E-state index contributed by atoms with van der Waals surface area (Å²) in [6.45, 7) is 9.71. The number of halogens is 1. The first-order valence-electron chi connectivity index (χ1n) is 11.0. The number of nitrogens with two attached hydrogens (primary N) is 1. The number of aliphatic imine (C=N–C) groups is 1. The first-order chi connectivity index (χ1) is 14.5. The van der Waals surface area contributed by atoms with Crippen molar-refractivity contribution >= 4 is 35.8 Å². The summed E-state index contributed by atoms with van der Waals surface area (Å²) in [5.41, 5.74) is 5.43. The van der Waals surface area contributed by atoms with Crippen LogP contribution in [0.5, 0.6) is 0 Å². The molecule has 176 valence electrons. The number of nitrogens with one attached hydrogen (secondary N) is 1. The molecule has 0 bridgehead atoms. The molecule has 1 aromatic heterocycles. The lowest BCUT2D eigenvalue weighted by Gasteiger charge is -2.35. The van der Waals surface area contributed by atoms with E-state index in [9.17, 15) is 4.79 Å². The Morgan fingerprint density at radius 3 is 2.74 bits per heavy atom. The maximum Gasteiger partial charge on any atom is 0.217 e. The van der Waals surface area contributed by atoms with Crippen LogP contribution in [-0.4, -0.2) is 88.9 Å². The van der Waals surface area contributed by atoms with Gasteiger partial charge < -0.3 is 25.3 Å². The highest BCUT2D eigenvalue weighted by molar-refractivity contribution is 14.0. The summed E-state index contributed by atoms with van der Waals surface area (Å²) < 4.78 is 7.38. The fourth-order valence-corrected chi connectivity index (χ4v) is 4.04. The molecule has 0 radical (unpaired) electrons. The average Bonchev–Trinajstić information content (AvgIpc) is 3.06. The molecule has 0 aromatic carbocycles. The zero-order valence-electron chi connectivity index (χ0n) is 18.8. The van der Waals surface area contributed by atoms with Gasteiger partial charge in [0.05, 0.1) is 13.2 Å². The molecule has 2 fully saturated rings. The Hall–Kier alpha value is -1.47. The summed E-state index contributed by atoms with van der Waals surface area (Å²) in [5, 5.41) is 11.9. The minimum absolute atomic E-state index is 0. The minimum atomic E-state index is -0.228. The largest absolute Gasteiger partial charge is 0.379 e. The van der Waals surface area contributed by atoms with Crippen molar-refractivity contribution in [1.29, 1.82) is 0 Å². The lowest BCUT2D eigenvalue weighted by Crippen LogP contribution is -2.48. The second-order valence-corrected chi connectivity index (χ2v) is 8.22. The summed E-state index contributed by atoms with van der Waals surface area (Å²) in [6.07, 6.45) is 3.55. The molecule has 1 amide bonds. The molecule has 1 aromatic rings. The standard InChI is InChI=1S/C20H36N8O2.HI/c1-16-24-25-19(26(16)2)14-23-20(22-6-4-7-27-9-11-30-12-10-27)28-8-3-5-17(15-28)13-18(21)29;/h17H,3-15H2,1-2H3,(H2,21,29)(H,22,23);1H. The molecule has 3 heterocycles. The zero-order chi connectivity index (χ0) is 21.3. The molecule has 2 aliphatic rings. The Kier molecular flexibility index (Phi) is 10.9. The van der Waals surface area contributed by atoms with Gasteiger partial charge in [-0.2, -0.15) is 0 Å². The Morgan fingerprint density at radius 2 is 2.06 bits per heavy atom. The summed E-state index contributed by atoms with van der Waals surface area (Å²) in [5.74, 6) is 2.65. The highest BCUT2D eigenvalue weighted by Gasteiger charge is 2.24. The number of guanidine groups is 1. The Bertz CT molecular complexity index is 720. The van der Waals surface area contributed by atoms with Crippen molar-refractivity contribution in [2.24, 2.45) is 23.7 Å². The number of ether oxygens (including phenoxy) is 1. The lowest BCUT2D eigenvalue weighted by atomic mass is 9.95. The predicted molar refractivity (Wildman–Crippen MR) is 130 cm³/mol. The van der Waals surface area contributed by atoms with Crippen LogP contribution in [0.25, 0.3) is 0 Å². The predicted octanol–water partition coefficient (Wildman–Crippen LogP) is 0.497. The number of aryl methyl sites for hydroxylation is 1. The van der Waals surface area contributed by atoms with Gasteiger partial charge in [-0.3, -0.25) is 9.69 Å². The third-order valence-corrected chi connectivity index (χ3v) is 5.90. The van der Waals surface area contributed by atoms with Crippen molar-refractivity contribution in [2.45, 2.75) is 39.2 Å². The molecule has 3 N–H and O–H groups in total. The molecule has 10 nitrogen and oxygen atoms in total. The topological polar surface area (TPSA) is 114 Å². The van der Waals surface area contributed by atoms with Crippen molar-refractivity contribution in [3.8, 4) is 0 Å². The van der Waals surface area contributed by atoms with Crippen molar-refractivity contribution in [2.75, 3.05) is 52.5 Å². The van der Waals surface area contributed by atoms with Gasteiger partial charge in [0, 0.05) is 46.2 Å². The molecule has 2 saturated heterocycles. The van der Waals surface area contributed by atoms with Crippen LogP contribution in [-0.2, 0) is 23.1 Å². The van der Waals surface area contributed by atoms with Gasteiger partial charge in [-0.05, 0) is 38.6 Å². The summed E-state index contributed by atoms with van der Waals surface area (Å²) in [7, 11) is 1.96. The van der Waals surface area contributed by atoms with Gasteiger partial charge in [0.1, 0.15) is 12.4 Å². The van der Waals surface area contributed by atoms with Crippen LogP contribution in [0, 0.1) is 12.8 Å². The fraction of sp³-hybridized carbons (Fsp3) is 0.800. The number of likely N-dealkylation sites (tertiary alicyclic amines) is 1. The number of nitrogens with zero attached hydrogens (tertiary/aromatic N) is 6. The molecule has 0 aliphatic carbocycles. The van der Waals surface area contributed by atoms with Crippen LogP contribution in [0.1, 0.15) is 37.3 Å². The number of carbonyl (C=O) groups is 1. The third kappa shape index (κ3) is 8.19. The number of amides is 1. The smallest absolute Gasteiger partial charge is 0.217 e. The Balaban J connectivity index is 0.00000341. The van der Waals surface area contributed by atoms with Crippen LogP contribution in [0.2, 0.25) is 0 Å². The molecule has 0 spiro atoms. The van der Waals surface area contributed by atoms with E-state index in [1.54, 1.807) is 0 Å². The molecule has 31 heavy (non-hydrogen) atoms. The number of hydrogen-bond donors (Lipinski definition) is 2. The number of primary amides is 1. The first-order valence-corrected chi connectivity index (χ1v) is 11.0. The lowest BCUT2D eigenvalue weighted by molar-refractivity contribution is -0.119. The van der Waals surface area contributed by atoms with Crippen molar-refractivity contribution in [3.63, 3.8) is 0 Å². The van der Waals surface area contributed by atoms with Gasteiger partial charge in [0.25, 0.3) is 0 Å². The van der Waals surface area contributed by atoms with E-state index in [2.05, 4.69) is 25.3 Å². The van der Waals surface area contributed by atoms with Crippen LogP contribution in [0.3, 0.4) is 0 Å². The highest BCUT2D eigenvalue weighted by Crippen LogP contribution is 2.19. The van der Waals surface area contributed by atoms with Gasteiger partial charge in [-0.25, -0.2) is 4.99 Å². The third-order valence-electron chi connectivity index (χ3n) is 5.90. The molecular weight excluding hydrogens is 511 g/mol. The fourth-order valence-electron chi connectivity index (χ4n) is 4.04. The van der Waals surface area contributed by atoms with E-state index in [0.29, 0.717) is 13.0 Å². The van der Waals surface area contributed by atoms with Crippen molar-refractivity contribution in [1.82, 2.24) is 29.9 Å². The minimum Gasteiger partial charge on any atom is -0.379 e. The SMILES string of the molecule is Cc1nnc(CN=C(NCCCN2CCOCC2)N2CCCC(CC(N)=O)C2)n1C.I. The number of hydrogen-bond acceptors (Lipinski definition) is 6. The normalized spacial score (nSPS) is 20.4. The molecule has 3 rings (SSSR count).